The molecule has 0 saturated heterocycles. The van der Waals surface area contributed by atoms with Crippen molar-refractivity contribution < 1.29 is 29.9 Å². The van der Waals surface area contributed by atoms with E-state index in [4.69, 9.17) is 4.74 Å². The molecule has 0 fully saturated rings. The molecule has 0 saturated carbocycles. The average Bonchev–Trinajstić information content (AvgIpc) is 2.15. The second-order valence-electron chi connectivity index (χ2n) is 5.16. The molecule has 0 bridgehead atoms. The quantitative estimate of drug-likeness (QED) is 0.765. The van der Waals surface area contributed by atoms with E-state index in [0.717, 1.165) is 24.2 Å². The summed E-state index contributed by atoms with van der Waals surface area (Å²) in [6, 6.07) is 5.88. The second kappa shape index (κ2) is 5.24. The third-order valence-electron chi connectivity index (χ3n) is 2.53. The minimum Gasteiger partial charge on any atom is -0.508 e. The summed E-state index contributed by atoms with van der Waals surface area (Å²) in [5.41, 5.74) is 1.93. The smallest absolute Gasteiger partial charge is 0.120 e. The van der Waals surface area contributed by atoms with Crippen molar-refractivity contribution in [3.8, 4) is 5.75 Å². The molecular weight excluding hydrogens is 392 g/mol. The zero-order chi connectivity index (χ0) is 11.8. The van der Waals surface area contributed by atoms with Crippen LogP contribution in [0.2, 0.25) is 0 Å². The van der Waals surface area contributed by atoms with Gasteiger partial charge in [-0.3, -0.25) is 0 Å². The maximum atomic E-state index is 9.71. The Morgan fingerprint density at radius 1 is 1.24 bits per heavy atom. The van der Waals surface area contributed by atoms with Crippen LogP contribution in [0.5, 0.6) is 5.75 Å². The molecule has 0 heterocycles. The van der Waals surface area contributed by atoms with Crippen molar-refractivity contribution >= 4 is 5.76 Å². The zero-order valence-corrected chi connectivity index (χ0v) is 12.8. The van der Waals surface area contributed by atoms with E-state index in [-0.39, 0.29) is 25.7 Å². The first-order chi connectivity index (χ1) is 7.46. The molecule has 3 heteroatoms. The molecule has 0 spiro atoms. The number of rotatable bonds is 1. The second-order valence-corrected chi connectivity index (χ2v) is 5.16. The van der Waals surface area contributed by atoms with E-state index in [9.17, 15) is 5.11 Å². The van der Waals surface area contributed by atoms with Crippen molar-refractivity contribution in [2.45, 2.75) is 39.2 Å². The zero-order valence-electron chi connectivity index (χ0n) is 10.4. The molecule has 2 nitrogen and oxygen atoms in total. The topological polar surface area (TPSA) is 29.5 Å². The Morgan fingerprint density at radius 3 is 2.59 bits per heavy atom. The Morgan fingerprint density at radius 2 is 1.94 bits per heavy atom. The molecule has 1 radical (unpaired) electrons. The van der Waals surface area contributed by atoms with E-state index in [1.807, 2.05) is 45.0 Å². The largest absolute Gasteiger partial charge is 0.508 e. The number of allylic oxidation sites excluding steroid dienone is 1. The SMILES string of the molecule is CC(C)(C)Oc1ccc2c(c1)CCC=C2O.[Ir]. The number of aliphatic hydroxyl groups excluding tert-OH is 1. The monoisotopic (exact) mass is 411 g/mol. The number of aryl methyl sites for hydroxylation is 1. The third kappa shape index (κ3) is 3.58. The van der Waals surface area contributed by atoms with Crippen LogP contribution in [0.3, 0.4) is 0 Å². The Labute approximate surface area is 116 Å². The Balaban J connectivity index is 0.00000144. The standard InChI is InChI=1S/C14H18O2.Ir/c1-14(2,3)16-11-7-8-12-10(9-11)5-4-6-13(12)15;/h6-9,15H,4-5H2,1-3H3;. The van der Waals surface area contributed by atoms with Crippen molar-refractivity contribution in [1.29, 1.82) is 0 Å². The first-order valence-corrected chi connectivity index (χ1v) is 5.67. The van der Waals surface area contributed by atoms with E-state index in [2.05, 4.69) is 0 Å². The van der Waals surface area contributed by atoms with Gasteiger partial charge in [0.15, 0.2) is 0 Å². The third-order valence-corrected chi connectivity index (χ3v) is 2.53. The fourth-order valence-electron chi connectivity index (χ4n) is 1.92. The summed E-state index contributed by atoms with van der Waals surface area (Å²) in [7, 11) is 0. The fourth-order valence-corrected chi connectivity index (χ4v) is 1.92. The molecule has 0 unspecified atom stereocenters. The van der Waals surface area contributed by atoms with E-state index < -0.39 is 0 Å². The summed E-state index contributed by atoms with van der Waals surface area (Å²) < 4.78 is 5.80. The first kappa shape index (κ1) is 14.3. The molecule has 1 aromatic rings. The Bertz CT molecular complexity index is 430. The number of fused-ring (bicyclic) bond motifs is 1. The number of benzene rings is 1. The number of aliphatic hydroxyl groups is 1. The number of ether oxygens (including phenoxy) is 1. The van der Waals surface area contributed by atoms with E-state index >= 15 is 0 Å². The molecule has 1 aliphatic carbocycles. The summed E-state index contributed by atoms with van der Waals surface area (Å²) in [6.45, 7) is 6.09. The molecule has 0 amide bonds. The van der Waals surface area contributed by atoms with E-state index in [0.29, 0.717) is 5.76 Å². The summed E-state index contributed by atoms with van der Waals surface area (Å²) in [6.07, 6.45) is 3.74. The van der Waals surface area contributed by atoms with Crippen LogP contribution in [0, 0.1) is 0 Å². The molecule has 95 valence electrons. The molecule has 2 rings (SSSR count). The molecular formula is C14H18IrO2. The molecule has 1 N–H and O–H groups in total. The first-order valence-electron chi connectivity index (χ1n) is 5.67. The van der Waals surface area contributed by atoms with Crippen molar-refractivity contribution in [1.82, 2.24) is 0 Å². The molecule has 0 atom stereocenters. The molecule has 0 aliphatic heterocycles. The summed E-state index contributed by atoms with van der Waals surface area (Å²) in [5, 5.41) is 9.71. The van der Waals surface area contributed by atoms with E-state index in [1.54, 1.807) is 0 Å². The van der Waals surface area contributed by atoms with Crippen LogP contribution < -0.4 is 4.74 Å². The summed E-state index contributed by atoms with van der Waals surface area (Å²) in [5.74, 6) is 1.27. The fraction of sp³-hybridized carbons (Fsp3) is 0.429. The van der Waals surface area contributed by atoms with E-state index in [1.165, 1.54) is 5.56 Å². The predicted octanol–water partition coefficient (Wildman–Crippen LogP) is 3.71. The maximum absolute atomic E-state index is 9.71. The molecule has 0 aromatic heterocycles. The van der Waals surface area contributed by atoms with Gasteiger partial charge in [0.25, 0.3) is 0 Å². The average molecular weight is 411 g/mol. The predicted molar refractivity (Wildman–Crippen MR) is 65.7 cm³/mol. The van der Waals surface area contributed by atoms with Crippen LogP contribution in [0.1, 0.15) is 38.3 Å². The van der Waals surface area contributed by atoms with Gasteiger partial charge in [-0.25, -0.2) is 0 Å². The van der Waals surface area contributed by atoms with Crippen molar-refractivity contribution in [2.75, 3.05) is 0 Å². The van der Waals surface area contributed by atoms with Gasteiger partial charge in [-0.15, -0.1) is 0 Å². The number of hydrogen-bond acceptors (Lipinski definition) is 2. The van der Waals surface area contributed by atoms with Gasteiger partial charge in [0.05, 0.1) is 0 Å². The Hall–Kier alpha value is -0.791. The van der Waals surface area contributed by atoms with Crippen LogP contribution in [0.15, 0.2) is 24.3 Å². The van der Waals surface area contributed by atoms with Crippen LogP contribution in [-0.4, -0.2) is 10.7 Å². The summed E-state index contributed by atoms with van der Waals surface area (Å²) in [4.78, 5) is 0. The minimum absolute atomic E-state index is 0. The van der Waals surface area contributed by atoms with Gasteiger partial charge < -0.3 is 9.84 Å². The summed E-state index contributed by atoms with van der Waals surface area (Å²) >= 11 is 0. The minimum atomic E-state index is -0.180. The number of hydrogen-bond donors (Lipinski definition) is 1. The van der Waals surface area contributed by atoms with Crippen LogP contribution in [0.4, 0.5) is 0 Å². The van der Waals surface area contributed by atoms with Gasteiger partial charge in [0.1, 0.15) is 17.1 Å². The van der Waals surface area contributed by atoms with Gasteiger partial charge in [0, 0.05) is 25.7 Å². The van der Waals surface area contributed by atoms with Crippen LogP contribution in [-0.2, 0) is 26.5 Å². The van der Waals surface area contributed by atoms with Crippen molar-refractivity contribution in [3.05, 3.63) is 35.4 Å². The molecule has 1 aliphatic rings. The maximum Gasteiger partial charge on any atom is 0.120 e. The van der Waals surface area contributed by atoms with Gasteiger partial charge in [-0.2, -0.15) is 0 Å². The van der Waals surface area contributed by atoms with Gasteiger partial charge >= 0.3 is 0 Å². The van der Waals surface area contributed by atoms with Crippen LogP contribution in [0.25, 0.3) is 5.76 Å². The normalized spacial score (nSPS) is 14.4. The molecule has 17 heavy (non-hydrogen) atoms. The molecule has 1 aromatic carbocycles. The van der Waals surface area contributed by atoms with Gasteiger partial charge in [-0.1, -0.05) is 0 Å². The van der Waals surface area contributed by atoms with Gasteiger partial charge in [-0.05, 0) is 63.5 Å². The van der Waals surface area contributed by atoms with Gasteiger partial charge in [0.2, 0.25) is 0 Å². The van der Waals surface area contributed by atoms with Crippen LogP contribution >= 0.6 is 0 Å². The van der Waals surface area contributed by atoms with Crippen molar-refractivity contribution in [3.63, 3.8) is 0 Å². The van der Waals surface area contributed by atoms with Crippen molar-refractivity contribution in [2.24, 2.45) is 0 Å². The Kier molecular flexibility index (Phi) is 4.40.